The molecule has 0 aromatic heterocycles. The van der Waals surface area contributed by atoms with Crippen LogP contribution in [0, 0.1) is 10.5 Å². The maximum absolute atomic E-state index is 13.1. The summed E-state index contributed by atoms with van der Waals surface area (Å²) >= 11 is 2.02. The first kappa shape index (κ1) is 25.9. The highest BCUT2D eigenvalue weighted by Crippen LogP contribution is 2.35. The van der Waals surface area contributed by atoms with E-state index in [1.807, 2.05) is 47.7 Å². The van der Waals surface area contributed by atoms with E-state index in [4.69, 9.17) is 9.47 Å². The van der Waals surface area contributed by atoms with Crippen LogP contribution < -0.4 is 25.0 Å². The largest absolute Gasteiger partial charge is 0.493 e. The van der Waals surface area contributed by atoms with Gasteiger partial charge in [0.1, 0.15) is 5.57 Å². The second kappa shape index (κ2) is 11.2. The predicted molar refractivity (Wildman–Crippen MR) is 146 cm³/mol. The van der Waals surface area contributed by atoms with Crippen molar-refractivity contribution in [3.05, 3.63) is 87.0 Å². The zero-order valence-electron chi connectivity index (χ0n) is 19.9. The summed E-state index contributed by atoms with van der Waals surface area (Å²) in [5, 5.41) is 5.00. The fourth-order valence-corrected chi connectivity index (χ4v) is 4.42. The van der Waals surface area contributed by atoms with Crippen LogP contribution in [0.25, 0.3) is 6.08 Å². The number of halogens is 1. The first-order valence-electron chi connectivity index (χ1n) is 11.1. The lowest BCUT2D eigenvalue weighted by Crippen LogP contribution is -2.54. The number of aryl methyl sites for hydroxylation is 1. The number of barbiturate groups is 1. The van der Waals surface area contributed by atoms with Crippen molar-refractivity contribution in [2.24, 2.45) is 0 Å². The van der Waals surface area contributed by atoms with E-state index in [9.17, 15) is 19.2 Å². The minimum Gasteiger partial charge on any atom is -0.493 e. The van der Waals surface area contributed by atoms with Gasteiger partial charge in [-0.05, 0) is 77.0 Å². The molecule has 1 fully saturated rings. The molecule has 0 spiro atoms. The minimum absolute atomic E-state index is 0.215. The fraction of sp³-hybridized carbons (Fsp3) is 0.111. The quantitative estimate of drug-likeness (QED) is 0.234. The van der Waals surface area contributed by atoms with Crippen molar-refractivity contribution in [2.45, 2.75) is 6.92 Å². The number of carbonyl (C=O) groups is 4. The Hall–Kier alpha value is -4.19. The van der Waals surface area contributed by atoms with Crippen LogP contribution in [0.2, 0.25) is 0 Å². The molecule has 10 heteroatoms. The second-order valence-corrected chi connectivity index (χ2v) is 9.14. The van der Waals surface area contributed by atoms with Crippen molar-refractivity contribution >= 4 is 63.8 Å². The minimum atomic E-state index is -0.821. The standard InChI is InChI=1S/C27H22IN3O6/c1-16-8-6-7-11-21(16)29-23(32)15-37-24-20(28)13-17(14-22(24)36-2)12-19-25(33)30-27(35)31(26(19)34)18-9-4-3-5-10-18/h3-14H,15H2,1-2H3,(H,29,32)(H,30,33,35)/b19-12-. The average Bonchev–Trinajstić information content (AvgIpc) is 2.87. The van der Waals surface area contributed by atoms with Gasteiger partial charge in [0.25, 0.3) is 17.7 Å². The number of hydrogen-bond donors (Lipinski definition) is 2. The van der Waals surface area contributed by atoms with Crippen molar-refractivity contribution in [2.75, 3.05) is 23.9 Å². The van der Waals surface area contributed by atoms with Crippen LogP contribution in [-0.2, 0) is 14.4 Å². The van der Waals surface area contributed by atoms with Crippen molar-refractivity contribution < 1.29 is 28.7 Å². The van der Waals surface area contributed by atoms with Crippen molar-refractivity contribution in [3.63, 3.8) is 0 Å². The molecule has 0 radical (unpaired) electrons. The van der Waals surface area contributed by atoms with Gasteiger partial charge in [0.05, 0.1) is 16.4 Å². The maximum atomic E-state index is 13.1. The SMILES string of the molecule is COc1cc(/C=C2/C(=O)NC(=O)N(c3ccccc3)C2=O)cc(I)c1OCC(=O)Nc1ccccc1C. The molecule has 0 unspecified atom stereocenters. The summed E-state index contributed by atoms with van der Waals surface area (Å²) in [6.07, 6.45) is 1.37. The predicted octanol–water partition coefficient (Wildman–Crippen LogP) is 4.29. The summed E-state index contributed by atoms with van der Waals surface area (Å²) in [4.78, 5) is 51.3. The molecule has 0 atom stereocenters. The maximum Gasteiger partial charge on any atom is 0.335 e. The van der Waals surface area contributed by atoms with Gasteiger partial charge in [0.2, 0.25) is 0 Å². The van der Waals surface area contributed by atoms with E-state index >= 15 is 0 Å². The van der Waals surface area contributed by atoms with E-state index in [2.05, 4.69) is 10.6 Å². The number of anilines is 2. The first-order valence-corrected chi connectivity index (χ1v) is 12.2. The molecule has 1 heterocycles. The number of benzene rings is 3. The van der Waals surface area contributed by atoms with Gasteiger partial charge in [-0.25, -0.2) is 9.69 Å². The number of nitrogens with one attached hydrogen (secondary N) is 2. The molecule has 3 aromatic carbocycles. The van der Waals surface area contributed by atoms with Crippen LogP contribution in [-0.4, -0.2) is 37.5 Å². The Labute approximate surface area is 226 Å². The first-order chi connectivity index (χ1) is 17.8. The Balaban J connectivity index is 1.56. The van der Waals surface area contributed by atoms with Crippen molar-refractivity contribution in [3.8, 4) is 11.5 Å². The zero-order chi connectivity index (χ0) is 26.5. The summed E-state index contributed by atoms with van der Waals surface area (Å²) in [5.74, 6) is -1.24. The Bertz CT molecular complexity index is 1420. The molecule has 0 bridgehead atoms. The number of amides is 5. The molecule has 1 saturated heterocycles. The van der Waals surface area contributed by atoms with E-state index in [0.29, 0.717) is 32.0 Å². The van der Waals surface area contributed by atoms with Crippen LogP contribution in [0.15, 0.2) is 72.3 Å². The van der Waals surface area contributed by atoms with Gasteiger partial charge in [0.15, 0.2) is 18.1 Å². The molecule has 5 amide bonds. The third-order valence-electron chi connectivity index (χ3n) is 5.45. The van der Waals surface area contributed by atoms with Gasteiger partial charge in [-0.2, -0.15) is 0 Å². The molecule has 0 saturated carbocycles. The average molecular weight is 611 g/mol. The molecule has 3 aromatic rings. The van der Waals surface area contributed by atoms with E-state index in [1.165, 1.54) is 13.2 Å². The van der Waals surface area contributed by atoms with Gasteiger partial charge in [0, 0.05) is 5.69 Å². The fourth-order valence-electron chi connectivity index (χ4n) is 3.64. The molecule has 0 aliphatic carbocycles. The van der Waals surface area contributed by atoms with E-state index in [0.717, 1.165) is 10.5 Å². The van der Waals surface area contributed by atoms with Crippen LogP contribution in [0.1, 0.15) is 11.1 Å². The van der Waals surface area contributed by atoms with Gasteiger partial charge in [-0.15, -0.1) is 0 Å². The number of nitrogens with zero attached hydrogens (tertiary/aromatic N) is 1. The third-order valence-corrected chi connectivity index (χ3v) is 6.25. The number of methoxy groups -OCH3 is 1. The van der Waals surface area contributed by atoms with Crippen LogP contribution >= 0.6 is 22.6 Å². The monoisotopic (exact) mass is 611 g/mol. The topological polar surface area (TPSA) is 114 Å². The number of imide groups is 2. The van der Waals surface area contributed by atoms with Gasteiger partial charge in [-0.3, -0.25) is 19.7 Å². The summed E-state index contributed by atoms with van der Waals surface area (Å²) in [6.45, 7) is 1.64. The Kier molecular flexibility index (Phi) is 7.87. The van der Waals surface area contributed by atoms with Crippen molar-refractivity contribution in [1.29, 1.82) is 0 Å². The number of hydrogen-bond acceptors (Lipinski definition) is 6. The van der Waals surface area contributed by atoms with Crippen LogP contribution in [0.5, 0.6) is 11.5 Å². The van der Waals surface area contributed by atoms with Crippen LogP contribution in [0.4, 0.5) is 16.2 Å². The highest BCUT2D eigenvalue weighted by Gasteiger charge is 2.36. The lowest BCUT2D eigenvalue weighted by molar-refractivity contribution is -0.122. The molecule has 1 aliphatic heterocycles. The summed E-state index contributed by atoms with van der Waals surface area (Å²) in [5.41, 5.74) is 2.21. The van der Waals surface area contributed by atoms with E-state index in [1.54, 1.807) is 48.5 Å². The van der Waals surface area contributed by atoms with Gasteiger partial charge >= 0.3 is 6.03 Å². The summed E-state index contributed by atoms with van der Waals surface area (Å²) in [6, 6.07) is 18.1. The number of carbonyl (C=O) groups excluding carboxylic acids is 4. The third kappa shape index (κ3) is 5.80. The lowest BCUT2D eigenvalue weighted by Gasteiger charge is -2.26. The number of para-hydroxylation sites is 2. The Morgan fingerprint density at radius 3 is 2.46 bits per heavy atom. The highest BCUT2D eigenvalue weighted by molar-refractivity contribution is 14.1. The molecule has 37 heavy (non-hydrogen) atoms. The molecular weight excluding hydrogens is 589 g/mol. The van der Waals surface area contributed by atoms with Gasteiger partial charge < -0.3 is 14.8 Å². The molecule has 4 rings (SSSR count). The number of ether oxygens (including phenoxy) is 2. The molecule has 188 valence electrons. The number of urea groups is 1. The van der Waals surface area contributed by atoms with E-state index in [-0.39, 0.29) is 18.1 Å². The summed E-state index contributed by atoms with van der Waals surface area (Å²) < 4.78 is 11.8. The Morgan fingerprint density at radius 1 is 1.05 bits per heavy atom. The number of rotatable bonds is 7. The molecule has 9 nitrogen and oxygen atoms in total. The second-order valence-electron chi connectivity index (χ2n) is 7.98. The summed E-state index contributed by atoms with van der Waals surface area (Å²) in [7, 11) is 1.44. The highest BCUT2D eigenvalue weighted by atomic mass is 127. The molecular formula is C27H22IN3O6. The zero-order valence-corrected chi connectivity index (χ0v) is 22.1. The molecule has 2 N–H and O–H groups in total. The van der Waals surface area contributed by atoms with Crippen molar-refractivity contribution in [1.82, 2.24) is 5.32 Å². The lowest BCUT2D eigenvalue weighted by atomic mass is 10.1. The van der Waals surface area contributed by atoms with Crippen LogP contribution in [0.3, 0.4) is 0 Å². The normalized spacial score (nSPS) is 14.4. The molecule has 1 aliphatic rings. The van der Waals surface area contributed by atoms with Gasteiger partial charge in [-0.1, -0.05) is 36.4 Å². The van der Waals surface area contributed by atoms with E-state index < -0.39 is 17.8 Å². The smallest absolute Gasteiger partial charge is 0.335 e. The Morgan fingerprint density at radius 2 is 1.76 bits per heavy atom.